The smallest absolute Gasteiger partial charge is 0.0430 e. The third-order valence-electron chi connectivity index (χ3n) is 3.41. The number of rotatable bonds is 0. The van der Waals surface area contributed by atoms with Crippen LogP contribution in [-0.4, -0.2) is 6.54 Å². The van der Waals surface area contributed by atoms with Crippen LogP contribution in [-0.2, 0) is 13.0 Å². The molecule has 3 N–H and O–H groups in total. The van der Waals surface area contributed by atoms with E-state index in [1.165, 1.54) is 27.5 Å². The number of nitrogen functional groups attached to an aromatic ring is 1. The largest absolute Gasteiger partial charge is 0.398 e. The van der Waals surface area contributed by atoms with Crippen LogP contribution in [0.2, 0.25) is 0 Å². The van der Waals surface area contributed by atoms with Gasteiger partial charge in [0.2, 0.25) is 0 Å². The number of nitrogens with two attached hydrogens (primary N) is 1. The Morgan fingerprint density at radius 1 is 1.25 bits per heavy atom. The van der Waals surface area contributed by atoms with Gasteiger partial charge in [-0.25, -0.2) is 0 Å². The third-order valence-corrected chi connectivity index (χ3v) is 3.41. The summed E-state index contributed by atoms with van der Waals surface area (Å²) in [6.45, 7) is 4.09. The number of fused-ring (bicyclic) bond motifs is 2. The lowest BCUT2D eigenvalue weighted by atomic mass is 9.93. The maximum atomic E-state index is 6.28. The molecule has 16 heavy (non-hydrogen) atoms. The van der Waals surface area contributed by atoms with Crippen LogP contribution in [0.3, 0.4) is 0 Å². The van der Waals surface area contributed by atoms with Gasteiger partial charge in [0.1, 0.15) is 0 Å². The lowest BCUT2D eigenvalue weighted by Crippen LogP contribution is -2.24. The van der Waals surface area contributed by atoms with Crippen LogP contribution in [0, 0.1) is 6.92 Å². The molecular weight excluding hydrogens is 196 g/mol. The van der Waals surface area contributed by atoms with E-state index < -0.39 is 0 Å². The van der Waals surface area contributed by atoms with Gasteiger partial charge in [0.05, 0.1) is 0 Å². The molecular formula is C14H16N2. The fourth-order valence-electron chi connectivity index (χ4n) is 2.53. The molecule has 0 saturated carbocycles. The van der Waals surface area contributed by atoms with Gasteiger partial charge in [0, 0.05) is 17.6 Å². The molecule has 0 radical (unpaired) electrons. The van der Waals surface area contributed by atoms with Crippen LogP contribution in [0.4, 0.5) is 5.69 Å². The predicted molar refractivity (Wildman–Crippen MR) is 68.5 cm³/mol. The SMILES string of the molecule is Cc1ccc2cc3c(c(N)c2c1)CCNC3. The number of aryl methyl sites for hydroxylation is 1. The van der Waals surface area contributed by atoms with E-state index in [1.54, 1.807) is 0 Å². The van der Waals surface area contributed by atoms with Gasteiger partial charge in [0.25, 0.3) is 0 Å². The van der Waals surface area contributed by atoms with Crippen molar-refractivity contribution in [2.75, 3.05) is 12.3 Å². The molecule has 0 aliphatic carbocycles. The van der Waals surface area contributed by atoms with E-state index in [9.17, 15) is 0 Å². The van der Waals surface area contributed by atoms with E-state index in [1.807, 2.05) is 0 Å². The van der Waals surface area contributed by atoms with Crippen molar-refractivity contribution in [1.82, 2.24) is 5.32 Å². The van der Waals surface area contributed by atoms with E-state index in [-0.39, 0.29) is 0 Å². The molecule has 1 aliphatic rings. The van der Waals surface area contributed by atoms with Crippen LogP contribution in [0.25, 0.3) is 10.8 Å². The summed E-state index contributed by atoms with van der Waals surface area (Å²) < 4.78 is 0. The first-order valence-corrected chi connectivity index (χ1v) is 5.77. The lowest BCUT2D eigenvalue weighted by Gasteiger charge is -2.20. The monoisotopic (exact) mass is 212 g/mol. The average molecular weight is 212 g/mol. The zero-order valence-electron chi connectivity index (χ0n) is 9.51. The Bertz CT molecular complexity index is 558. The molecule has 2 aromatic carbocycles. The molecule has 0 bridgehead atoms. The topological polar surface area (TPSA) is 38.0 Å². The van der Waals surface area contributed by atoms with Crippen molar-refractivity contribution in [2.45, 2.75) is 19.9 Å². The lowest BCUT2D eigenvalue weighted by molar-refractivity contribution is 0.646. The second-order valence-corrected chi connectivity index (χ2v) is 4.58. The van der Waals surface area contributed by atoms with Gasteiger partial charge >= 0.3 is 0 Å². The average Bonchev–Trinajstić information content (AvgIpc) is 2.31. The molecule has 1 heterocycles. The second kappa shape index (κ2) is 3.49. The molecule has 0 spiro atoms. The molecule has 2 aromatic rings. The normalized spacial score (nSPS) is 15.1. The summed E-state index contributed by atoms with van der Waals surface area (Å²) in [4.78, 5) is 0. The van der Waals surface area contributed by atoms with Gasteiger partial charge in [-0.1, -0.05) is 17.7 Å². The molecule has 3 rings (SSSR count). The van der Waals surface area contributed by atoms with Crippen molar-refractivity contribution < 1.29 is 0 Å². The summed E-state index contributed by atoms with van der Waals surface area (Å²) in [5.41, 5.74) is 11.2. The molecule has 1 aliphatic heterocycles. The van der Waals surface area contributed by atoms with Gasteiger partial charge in [-0.2, -0.15) is 0 Å². The minimum atomic E-state index is 0.948. The van der Waals surface area contributed by atoms with E-state index in [0.717, 1.165) is 25.2 Å². The zero-order chi connectivity index (χ0) is 11.1. The minimum Gasteiger partial charge on any atom is -0.398 e. The standard InChI is InChI=1S/C14H16N2/c1-9-2-3-10-7-11-8-16-5-4-12(11)14(15)13(10)6-9/h2-3,6-7,16H,4-5,8,15H2,1H3. The first-order chi connectivity index (χ1) is 7.75. The highest BCUT2D eigenvalue weighted by molar-refractivity contribution is 5.96. The van der Waals surface area contributed by atoms with Crippen LogP contribution in [0.5, 0.6) is 0 Å². The van der Waals surface area contributed by atoms with Crippen LogP contribution in [0.15, 0.2) is 24.3 Å². The van der Waals surface area contributed by atoms with Crippen molar-refractivity contribution in [1.29, 1.82) is 0 Å². The molecule has 0 saturated heterocycles. The summed E-state index contributed by atoms with van der Waals surface area (Å²) in [6.07, 6.45) is 1.05. The number of nitrogens with one attached hydrogen (secondary N) is 1. The van der Waals surface area contributed by atoms with Crippen LogP contribution in [0.1, 0.15) is 16.7 Å². The Morgan fingerprint density at radius 2 is 2.12 bits per heavy atom. The van der Waals surface area contributed by atoms with Crippen molar-refractivity contribution >= 4 is 16.5 Å². The first-order valence-electron chi connectivity index (χ1n) is 5.77. The molecule has 82 valence electrons. The summed E-state index contributed by atoms with van der Waals surface area (Å²) in [7, 11) is 0. The first kappa shape index (κ1) is 9.67. The molecule has 2 nitrogen and oxygen atoms in total. The van der Waals surface area contributed by atoms with Gasteiger partial charge in [-0.15, -0.1) is 0 Å². The zero-order valence-corrected chi connectivity index (χ0v) is 9.51. The van der Waals surface area contributed by atoms with Crippen molar-refractivity contribution in [2.24, 2.45) is 0 Å². The van der Waals surface area contributed by atoms with E-state index in [4.69, 9.17) is 5.73 Å². The Hall–Kier alpha value is -1.54. The number of anilines is 1. The maximum Gasteiger partial charge on any atom is 0.0430 e. The molecule has 0 amide bonds. The number of benzene rings is 2. The van der Waals surface area contributed by atoms with E-state index >= 15 is 0 Å². The number of hydrogen-bond donors (Lipinski definition) is 2. The van der Waals surface area contributed by atoms with E-state index in [0.29, 0.717) is 0 Å². The fourth-order valence-corrected chi connectivity index (χ4v) is 2.53. The van der Waals surface area contributed by atoms with Crippen molar-refractivity contribution in [3.63, 3.8) is 0 Å². The number of hydrogen-bond acceptors (Lipinski definition) is 2. The highest BCUT2D eigenvalue weighted by Gasteiger charge is 2.14. The predicted octanol–water partition coefficient (Wildman–Crippen LogP) is 2.38. The molecule has 0 unspecified atom stereocenters. The summed E-state index contributed by atoms with van der Waals surface area (Å²) >= 11 is 0. The summed E-state index contributed by atoms with van der Waals surface area (Å²) in [5, 5.41) is 5.85. The third kappa shape index (κ3) is 1.38. The Morgan fingerprint density at radius 3 is 3.00 bits per heavy atom. The Kier molecular flexibility index (Phi) is 2.11. The molecule has 0 fully saturated rings. The summed E-state index contributed by atoms with van der Waals surface area (Å²) in [5.74, 6) is 0. The molecule has 0 aromatic heterocycles. The second-order valence-electron chi connectivity index (χ2n) is 4.58. The van der Waals surface area contributed by atoms with Crippen molar-refractivity contribution in [3.8, 4) is 0 Å². The van der Waals surface area contributed by atoms with Crippen molar-refractivity contribution in [3.05, 3.63) is 41.0 Å². The molecule has 0 atom stereocenters. The molecule has 2 heteroatoms. The van der Waals surface area contributed by atoms with Gasteiger partial charge < -0.3 is 11.1 Å². The van der Waals surface area contributed by atoms with Gasteiger partial charge in [-0.3, -0.25) is 0 Å². The fraction of sp³-hybridized carbons (Fsp3) is 0.286. The highest BCUT2D eigenvalue weighted by atomic mass is 14.9. The Balaban J connectivity index is 2.35. The highest BCUT2D eigenvalue weighted by Crippen LogP contribution is 2.30. The van der Waals surface area contributed by atoms with Gasteiger partial charge in [0.15, 0.2) is 0 Å². The summed E-state index contributed by atoms with van der Waals surface area (Å²) in [6, 6.07) is 8.76. The van der Waals surface area contributed by atoms with Gasteiger partial charge in [-0.05, 0) is 48.5 Å². The Labute approximate surface area is 95.5 Å². The quantitative estimate of drug-likeness (QED) is 0.658. The van der Waals surface area contributed by atoms with Crippen LogP contribution >= 0.6 is 0 Å². The van der Waals surface area contributed by atoms with E-state index in [2.05, 4.69) is 36.5 Å². The minimum absolute atomic E-state index is 0.948. The van der Waals surface area contributed by atoms with Crippen LogP contribution < -0.4 is 11.1 Å². The maximum absolute atomic E-state index is 6.28.